The topological polar surface area (TPSA) is 97.8 Å². The number of hydrogen-bond donors (Lipinski definition) is 1. The molecule has 1 amide bonds. The molecule has 1 N–H and O–H groups in total. The second kappa shape index (κ2) is 8.79. The molecule has 2 aromatic carbocycles. The first-order chi connectivity index (χ1) is 16.2. The molecule has 166 valence electrons. The van der Waals surface area contributed by atoms with Crippen molar-refractivity contribution in [3.05, 3.63) is 60.7 Å². The molecular formula is C25H24N6O2. The van der Waals surface area contributed by atoms with Gasteiger partial charge in [-0.25, -0.2) is 9.67 Å². The van der Waals surface area contributed by atoms with Gasteiger partial charge in [0.15, 0.2) is 0 Å². The maximum Gasteiger partial charge on any atom is 0.227 e. The maximum absolute atomic E-state index is 12.0. The number of fused-ring (bicyclic) bond motifs is 1. The molecule has 2 aromatic heterocycles. The summed E-state index contributed by atoms with van der Waals surface area (Å²) in [6.45, 7) is 3.83. The van der Waals surface area contributed by atoms with Crippen LogP contribution in [0.2, 0.25) is 0 Å². The number of carbonyl (C=O) groups excluding carboxylic acids is 1. The van der Waals surface area contributed by atoms with Crippen molar-refractivity contribution in [1.29, 1.82) is 5.26 Å². The fourth-order valence-electron chi connectivity index (χ4n) is 4.07. The van der Waals surface area contributed by atoms with Crippen molar-refractivity contribution < 1.29 is 9.53 Å². The molecule has 0 spiro atoms. The van der Waals surface area contributed by atoms with Gasteiger partial charge in [0.1, 0.15) is 31.1 Å². The number of aryl methyl sites for hydroxylation is 1. The summed E-state index contributed by atoms with van der Waals surface area (Å²) in [5.41, 5.74) is 4.16. The van der Waals surface area contributed by atoms with E-state index in [1.165, 1.54) is 6.33 Å². The highest BCUT2D eigenvalue weighted by molar-refractivity contribution is 5.96. The van der Waals surface area contributed by atoms with Gasteiger partial charge >= 0.3 is 0 Å². The van der Waals surface area contributed by atoms with Crippen molar-refractivity contribution >= 4 is 22.5 Å². The van der Waals surface area contributed by atoms with Crippen LogP contribution >= 0.6 is 0 Å². The molecule has 1 fully saturated rings. The zero-order valence-electron chi connectivity index (χ0n) is 18.4. The summed E-state index contributed by atoms with van der Waals surface area (Å²) >= 11 is 0. The number of carbonyl (C=O) groups is 1. The summed E-state index contributed by atoms with van der Waals surface area (Å²) in [5, 5.41) is 17.9. The maximum atomic E-state index is 12.0. The number of amides is 1. The minimum Gasteiger partial charge on any atom is -0.492 e. The van der Waals surface area contributed by atoms with Gasteiger partial charge in [-0.3, -0.25) is 4.79 Å². The average Bonchev–Trinajstić information content (AvgIpc) is 3.47. The Hall–Kier alpha value is -4.12. The van der Waals surface area contributed by atoms with Crippen molar-refractivity contribution in [2.75, 3.05) is 11.9 Å². The van der Waals surface area contributed by atoms with E-state index in [9.17, 15) is 10.1 Å². The lowest BCUT2D eigenvalue weighted by atomic mass is 10.1. The molecule has 5 rings (SSSR count). The summed E-state index contributed by atoms with van der Waals surface area (Å²) in [6.07, 6.45) is 5.10. The van der Waals surface area contributed by atoms with E-state index in [1.807, 2.05) is 42.5 Å². The van der Waals surface area contributed by atoms with Gasteiger partial charge in [-0.05, 0) is 49.6 Å². The SMILES string of the molecule is CCn1c(-c2ccc(NC(=O)C3CC3)cc2)c(C#N)c2ccc(OCCn3cncn3)cc21. The van der Waals surface area contributed by atoms with Crippen molar-refractivity contribution in [2.24, 2.45) is 5.92 Å². The minimum atomic E-state index is 0.0829. The largest absolute Gasteiger partial charge is 0.492 e. The highest BCUT2D eigenvalue weighted by Crippen LogP contribution is 2.36. The molecule has 0 bridgehead atoms. The minimum absolute atomic E-state index is 0.0829. The number of rotatable bonds is 8. The Morgan fingerprint density at radius 3 is 2.73 bits per heavy atom. The Balaban J connectivity index is 1.43. The van der Waals surface area contributed by atoms with Crippen LogP contribution in [0.25, 0.3) is 22.2 Å². The molecule has 2 heterocycles. The van der Waals surface area contributed by atoms with Gasteiger partial charge in [-0.15, -0.1) is 0 Å². The van der Waals surface area contributed by atoms with E-state index < -0.39 is 0 Å². The smallest absolute Gasteiger partial charge is 0.227 e. The zero-order chi connectivity index (χ0) is 22.8. The van der Waals surface area contributed by atoms with Gasteiger partial charge in [0, 0.05) is 29.6 Å². The molecule has 0 aliphatic heterocycles. The Morgan fingerprint density at radius 1 is 1.24 bits per heavy atom. The van der Waals surface area contributed by atoms with E-state index in [-0.39, 0.29) is 11.8 Å². The van der Waals surface area contributed by atoms with Crippen molar-refractivity contribution in [3.8, 4) is 23.1 Å². The van der Waals surface area contributed by atoms with Crippen LogP contribution in [-0.2, 0) is 17.9 Å². The quantitative estimate of drug-likeness (QED) is 0.442. The molecule has 0 atom stereocenters. The summed E-state index contributed by atoms with van der Waals surface area (Å²) in [6, 6.07) is 15.9. The van der Waals surface area contributed by atoms with Crippen molar-refractivity contribution in [3.63, 3.8) is 0 Å². The summed E-state index contributed by atoms with van der Waals surface area (Å²) in [7, 11) is 0. The van der Waals surface area contributed by atoms with Crippen LogP contribution in [0.4, 0.5) is 5.69 Å². The second-order valence-corrected chi connectivity index (χ2v) is 8.11. The lowest BCUT2D eigenvalue weighted by Gasteiger charge is -2.11. The first-order valence-corrected chi connectivity index (χ1v) is 11.1. The molecule has 8 heteroatoms. The third kappa shape index (κ3) is 4.17. The van der Waals surface area contributed by atoms with E-state index in [0.29, 0.717) is 25.3 Å². The lowest BCUT2D eigenvalue weighted by Crippen LogP contribution is -2.13. The van der Waals surface area contributed by atoms with Gasteiger partial charge in [0.05, 0.1) is 23.3 Å². The van der Waals surface area contributed by atoms with Gasteiger partial charge in [0.2, 0.25) is 5.91 Å². The van der Waals surface area contributed by atoms with E-state index in [0.717, 1.165) is 46.4 Å². The molecular weight excluding hydrogens is 416 g/mol. The van der Waals surface area contributed by atoms with Crippen LogP contribution in [-0.4, -0.2) is 31.8 Å². The van der Waals surface area contributed by atoms with E-state index >= 15 is 0 Å². The summed E-state index contributed by atoms with van der Waals surface area (Å²) in [5.74, 6) is 0.980. The first-order valence-electron chi connectivity index (χ1n) is 11.1. The molecule has 1 saturated carbocycles. The van der Waals surface area contributed by atoms with Gasteiger partial charge in [0.25, 0.3) is 0 Å². The molecule has 0 unspecified atom stereocenters. The molecule has 1 aliphatic rings. The van der Waals surface area contributed by atoms with Crippen LogP contribution < -0.4 is 10.1 Å². The fourth-order valence-corrected chi connectivity index (χ4v) is 4.07. The number of hydrogen-bond acceptors (Lipinski definition) is 5. The van der Waals surface area contributed by atoms with Crippen LogP contribution in [0, 0.1) is 17.2 Å². The molecule has 1 aliphatic carbocycles. The molecule has 0 saturated heterocycles. The van der Waals surface area contributed by atoms with E-state index in [1.54, 1.807) is 11.0 Å². The highest BCUT2D eigenvalue weighted by Gasteiger charge is 2.29. The predicted molar refractivity (Wildman–Crippen MR) is 125 cm³/mol. The number of nitrogens with one attached hydrogen (secondary N) is 1. The number of anilines is 1. The summed E-state index contributed by atoms with van der Waals surface area (Å²) in [4.78, 5) is 16.0. The van der Waals surface area contributed by atoms with Gasteiger partial charge in [-0.2, -0.15) is 10.4 Å². The molecule has 33 heavy (non-hydrogen) atoms. The van der Waals surface area contributed by atoms with Gasteiger partial charge in [-0.1, -0.05) is 12.1 Å². The highest BCUT2D eigenvalue weighted by atomic mass is 16.5. The standard InChI is InChI=1S/C25H24N6O2/c1-2-31-23-13-20(33-12-11-30-16-27-15-28-30)9-10-21(23)22(14-26)24(31)17-5-7-19(8-6-17)29-25(32)18-3-4-18/h5-10,13,15-16,18H,2-4,11-12H2,1H3,(H,29,32). The third-order valence-corrected chi connectivity index (χ3v) is 5.89. The normalized spacial score (nSPS) is 13.1. The Labute approximate surface area is 191 Å². The van der Waals surface area contributed by atoms with E-state index in [2.05, 4.69) is 33.0 Å². The van der Waals surface area contributed by atoms with Crippen molar-refractivity contribution in [2.45, 2.75) is 32.9 Å². The Bertz CT molecular complexity index is 1330. The lowest BCUT2D eigenvalue weighted by molar-refractivity contribution is -0.117. The number of nitriles is 1. The number of benzene rings is 2. The average molecular weight is 441 g/mol. The Morgan fingerprint density at radius 2 is 2.06 bits per heavy atom. The monoisotopic (exact) mass is 440 g/mol. The second-order valence-electron chi connectivity index (χ2n) is 8.11. The predicted octanol–water partition coefficient (Wildman–Crippen LogP) is 4.22. The molecule has 8 nitrogen and oxygen atoms in total. The van der Waals surface area contributed by atoms with Crippen LogP contribution in [0.1, 0.15) is 25.3 Å². The van der Waals surface area contributed by atoms with Crippen molar-refractivity contribution in [1.82, 2.24) is 19.3 Å². The molecule has 4 aromatic rings. The summed E-state index contributed by atoms with van der Waals surface area (Å²) < 4.78 is 9.78. The first kappa shape index (κ1) is 20.8. The van der Waals surface area contributed by atoms with Gasteiger partial charge < -0.3 is 14.6 Å². The van der Waals surface area contributed by atoms with Crippen LogP contribution in [0.5, 0.6) is 5.75 Å². The number of ether oxygens (including phenoxy) is 1. The van der Waals surface area contributed by atoms with Crippen LogP contribution in [0.15, 0.2) is 55.1 Å². The van der Waals surface area contributed by atoms with E-state index in [4.69, 9.17) is 4.74 Å². The third-order valence-electron chi connectivity index (χ3n) is 5.89. The molecule has 0 radical (unpaired) electrons. The zero-order valence-corrected chi connectivity index (χ0v) is 18.4. The number of nitrogens with zero attached hydrogens (tertiary/aromatic N) is 5. The fraction of sp³-hybridized carbons (Fsp3) is 0.280. The van der Waals surface area contributed by atoms with Crippen LogP contribution in [0.3, 0.4) is 0 Å². The number of aromatic nitrogens is 4. The Kier molecular flexibility index (Phi) is 5.53.